The highest BCUT2D eigenvalue weighted by atomic mass is 19.4. The van der Waals surface area contributed by atoms with Crippen LogP contribution in [0.1, 0.15) is 21.5 Å². The number of nitrogens with zero attached hydrogens (tertiary/aromatic N) is 1. The molecule has 0 aliphatic heterocycles. The van der Waals surface area contributed by atoms with Crippen LogP contribution in [-0.2, 0) is 17.9 Å². The van der Waals surface area contributed by atoms with Crippen molar-refractivity contribution in [2.24, 2.45) is 0 Å². The molecule has 0 unspecified atom stereocenters. The number of alkyl halides is 3. The monoisotopic (exact) mass is 374 g/mol. The van der Waals surface area contributed by atoms with Gasteiger partial charge in [0.05, 0.1) is 17.7 Å². The molecule has 1 N–H and O–H groups in total. The first kappa shape index (κ1) is 18.8. The van der Waals surface area contributed by atoms with Crippen molar-refractivity contribution in [3.63, 3.8) is 0 Å². The smallest absolute Gasteiger partial charge is 0.367 e. The van der Waals surface area contributed by atoms with Crippen molar-refractivity contribution in [1.82, 2.24) is 10.3 Å². The van der Waals surface area contributed by atoms with Gasteiger partial charge in [0.15, 0.2) is 0 Å². The van der Waals surface area contributed by atoms with E-state index in [9.17, 15) is 18.0 Å². The van der Waals surface area contributed by atoms with Gasteiger partial charge in [0.25, 0.3) is 5.91 Å². The number of hydrogen-bond donors (Lipinski definition) is 1. The van der Waals surface area contributed by atoms with Gasteiger partial charge in [-0.05, 0) is 23.3 Å². The minimum atomic E-state index is -4.33. The number of aromatic nitrogens is 1. The largest absolute Gasteiger partial charge is 0.411 e. The standard InChI is InChI=1S/C20H17F3N2O2/c21-20(22,23)13-27-12-15-8-6-14(7-9-15)11-25-19(26)17-5-1-3-16-4-2-10-24-18(16)17/h1-10H,11-13H2,(H,25,26). The molecule has 3 rings (SSSR count). The molecule has 140 valence electrons. The molecule has 0 aliphatic rings. The number of rotatable bonds is 6. The molecule has 0 aliphatic carbocycles. The molecule has 1 amide bonds. The van der Waals surface area contributed by atoms with Crippen LogP contribution in [0.25, 0.3) is 10.9 Å². The van der Waals surface area contributed by atoms with E-state index >= 15 is 0 Å². The quantitative estimate of drug-likeness (QED) is 0.702. The van der Waals surface area contributed by atoms with Gasteiger partial charge in [-0.3, -0.25) is 9.78 Å². The molecule has 0 saturated heterocycles. The van der Waals surface area contributed by atoms with Crippen LogP contribution in [0.2, 0.25) is 0 Å². The number of nitrogens with one attached hydrogen (secondary N) is 1. The van der Waals surface area contributed by atoms with E-state index in [0.29, 0.717) is 23.2 Å². The molecule has 7 heteroatoms. The van der Waals surface area contributed by atoms with Crippen molar-refractivity contribution in [1.29, 1.82) is 0 Å². The van der Waals surface area contributed by atoms with Crippen LogP contribution >= 0.6 is 0 Å². The maximum absolute atomic E-state index is 12.5. The Kier molecular flexibility index (Phi) is 5.71. The third kappa shape index (κ3) is 5.27. The summed E-state index contributed by atoms with van der Waals surface area (Å²) in [7, 11) is 0. The number of fused-ring (bicyclic) bond motifs is 1. The lowest BCUT2D eigenvalue weighted by atomic mass is 10.1. The molecule has 0 radical (unpaired) electrons. The van der Waals surface area contributed by atoms with Gasteiger partial charge < -0.3 is 10.1 Å². The molecule has 3 aromatic rings. The normalized spacial score (nSPS) is 11.5. The Morgan fingerprint density at radius 1 is 1.00 bits per heavy atom. The van der Waals surface area contributed by atoms with Crippen LogP contribution in [0.4, 0.5) is 13.2 Å². The highest BCUT2D eigenvalue weighted by Crippen LogP contribution is 2.17. The third-order valence-electron chi connectivity index (χ3n) is 3.89. The zero-order valence-electron chi connectivity index (χ0n) is 14.3. The van der Waals surface area contributed by atoms with Gasteiger partial charge in [-0.2, -0.15) is 13.2 Å². The first-order valence-electron chi connectivity index (χ1n) is 8.27. The summed E-state index contributed by atoms with van der Waals surface area (Å²) >= 11 is 0. The van der Waals surface area contributed by atoms with E-state index in [1.807, 2.05) is 18.2 Å². The number of benzene rings is 2. The summed E-state index contributed by atoms with van der Waals surface area (Å²) in [6.45, 7) is -1.09. The second kappa shape index (κ2) is 8.18. The fourth-order valence-corrected chi connectivity index (χ4v) is 2.60. The molecular formula is C20H17F3N2O2. The Hall–Kier alpha value is -2.93. The van der Waals surface area contributed by atoms with Gasteiger partial charge in [-0.25, -0.2) is 0 Å². The van der Waals surface area contributed by atoms with Gasteiger partial charge >= 0.3 is 6.18 Å². The minimum Gasteiger partial charge on any atom is -0.367 e. The maximum Gasteiger partial charge on any atom is 0.411 e. The molecule has 2 aromatic carbocycles. The van der Waals surface area contributed by atoms with E-state index in [2.05, 4.69) is 15.0 Å². The average molecular weight is 374 g/mol. The Morgan fingerprint density at radius 3 is 2.44 bits per heavy atom. The second-order valence-corrected chi connectivity index (χ2v) is 5.99. The highest BCUT2D eigenvalue weighted by Gasteiger charge is 2.27. The van der Waals surface area contributed by atoms with Crippen molar-refractivity contribution < 1.29 is 22.7 Å². The summed E-state index contributed by atoms with van der Waals surface area (Å²) in [4.78, 5) is 16.7. The first-order chi connectivity index (χ1) is 12.9. The highest BCUT2D eigenvalue weighted by molar-refractivity contribution is 6.05. The number of carbonyl (C=O) groups excluding carboxylic acids is 1. The van der Waals surface area contributed by atoms with Crippen LogP contribution in [-0.4, -0.2) is 23.7 Å². The van der Waals surface area contributed by atoms with Crippen molar-refractivity contribution >= 4 is 16.8 Å². The predicted octanol–water partition coefficient (Wildman–Crippen LogP) is 4.24. The van der Waals surface area contributed by atoms with E-state index in [1.54, 1.807) is 42.6 Å². The SMILES string of the molecule is O=C(NCc1ccc(COCC(F)(F)F)cc1)c1cccc2cccnc12. The topological polar surface area (TPSA) is 51.2 Å². The molecule has 0 fully saturated rings. The molecule has 4 nitrogen and oxygen atoms in total. The molecule has 1 heterocycles. The van der Waals surface area contributed by atoms with E-state index in [-0.39, 0.29) is 12.5 Å². The van der Waals surface area contributed by atoms with E-state index < -0.39 is 12.8 Å². The van der Waals surface area contributed by atoms with Crippen molar-refractivity contribution in [3.8, 4) is 0 Å². The molecule has 0 atom stereocenters. The number of para-hydroxylation sites is 1. The molecule has 1 aromatic heterocycles. The van der Waals surface area contributed by atoms with Crippen LogP contribution in [0, 0.1) is 0 Å². The number of hydrogen-bond acceptors (Lipinski definition) is 3. The zero-order chi connectivity index (χ0) is 19.3. The Bertz CT molecular complexity index is 919. The number of carbonyl (C=O) groups is 1. The predicted molar refractivity (Wildman–Crippen MR) is 95.1 cm³/mol. The minimum absolute atomic E-state index is 0.117. The van der Waals surface area contributed by atoms with Gasteiger partial charge in [0.1, 0.15) is 6.61 Å². The Labute approximate surface area is 154 Å². The van der Waals surface area contributed by atoms with Crippen molar-refractivity contribution in [2.45, 2.75) is 19.3 Å². The van der Waals surface area contributed by atoms with Crippen LogP contribution in [0.5, 0.6) is 0 Å². The van der Waals surface area contributed by atoms with Gasteiger partial charge in [0, 0.05) is 18.1 Å². The molecule has 27 heavy (non-hydrogen) atoms. The van der Waals surface area contributed by atoms with Crippen LogP contribution < -0.4 is 5.32 Å². The maximum atomic E-state index is 12.5. The fraction of sp³-hybridized carbons (Fsp3) is 0.200. The van der Waals surface area contributed by atoms with Crippen molar-refractivity contribution in [2.75, 3.05) is 6.61 Å². The van der Waals surface area contributed by atoms with E-state index in [1.165, 1.54) is 0 Å². The lowest BCUT2D eigenvalue weighted by molar-refractivity contribution is -0.176. The van der Waals surface area contributed by atoms with E-state index in [4.69, 9.17) is 0 Å². The fourth-order valence-electron chi connectivity index (χ4n) is 2.60. The lowest BCUT2D eigenvalue weighted by Gasteiger charge is -2.09. The lowest BCUT2D eigenvalue weighted by Crippen LogP contribution is -2.23. The van der Waals surface area contributed by atoms with Gasteiger partial charge in [0.2, 0.25) is 0 Å². The number of amides is 1. The Balaban J connectivity index is 1.57. The second-order valence-electron chi connectivity index (χ2n) is 5.99. The number of pyridine rings is 1. The van der Waals surface area contributed by atoms with Gasteiger partial charge in [-0.1, -0.05) is 42.5 Å². The average Bonchev–Trinajstić information content (AvgIpc) is 2.65. The third-order valence-corrected chi connectivity index (χ3v) is 3.89. The molecule has 0 spiro atoms. The van der Waals surface area contributed by atoms with E-state index in [0.717, 1.165) is 10.9 Å². The summed E-state index contributed by atoms with van der Waals surface area (Å²) < 4.78 is 40.8. The van der Waals surface area contributed by atoms with Gasteiger partial charge in [-0.15, -0.1) is 0 Å². The number of ether oxygens (including phenoxy) is 1. The summed E-state index contributed by atoms with van der Waals surface area (Å²) in [5.41, 5.74) is 2.59. The molecular weight excluding hydrogens is 357 g/mol. The molecule has 0 bridgehead atoms. The number of halogens is 3. The van der Waals surface area contributed by atoms with Crippen LogP contribution in [0.3, 0.4) is 0 Å². The summed E-state index contributed by atoms with van der Waals surface area (Å²) in [5.74, 6) is -0.239. The first-order valence-corrected chi connectivity index (χ1v) is 8.27. The summed E-state index contributed by atoms with van der Waals surface area (Å²) in [6.07, 6.45) is -2.70. The Morgan fingerprint density at radius 2 is 1.70 bits per heavy atom. The molecule has 0 saturated carbocycles. The zero-order valence-corrected chi connectivity index (χ0v) is 14.3. The summed E-state index contributed by atoms with van der Waals surface area (Å²) in [5, 5.41) is 3.71. The van der Waals surface area contributed by atoms with Crippen molar-refractivity contribution in [3.05, 3.63) is 77.5 Å². The summed E-state index contributed by atoms with van der Waals surface area (Å²) in [6, 6.07) is 15.9. The van der Waals surface area contributed by atoms with Crippen LogP contribution in [0.15, 0.2) is 60.8 Å².